The van der Waals surface area contributed by atoms with Crippen LogP contribution in [0.3, 0.4) is 0 Å². The normalized spacial score (nSPS) is 27.1. The highest BCUT2D eigenvalue weighted by molar-refractivity contribution is 5.66. The predicted molar refractivity (Wildman–Crippen MR) is 121 cm³/mol. The number of hydrogen-bond donors (Lipinski definition) is 2. The van der Waals surface area contributed by atoms with Gasteiger partial charge in [-0.15, -0.1) is 0 Å². The van der Waals surface area contributed by atoms with E-state index in [4.69, 9.17) is 9.84 Å². The highest BCUT2D eigenvalue weighted by Gasteiger charge is 2.27. The fraction of sp³-hybridized carbons (Fsp3) is 0.560. The van der Waals surface area contributed by atoms with Gasteiger partial charge in [0.1, 0.15) is 6.61 Å². The molecule has 3 aromatic rings. The zero-order valence-corrected chi connectivity index (χ0v) is 18.6. The van der Waals surface area contributed by atoms with Crippen LogP contribution in [0.2, 0.25) is 0 Å². The van der Waals surface area contributed by atoms with Crippen LogP contribution in [0.4, 0.5) is 0 Å². The first-order chi connectivity index (χ1) is 15.6. The van der Waals surface area contributed by atoms with E-state index in [-0.39, 0.29) is 18.3 Å². The Hall–Kier alpha value is -2.35. The van der Waals surface area contributed by atoms with Gasteiger partial charge < -0.3 is 14.9 Å². The van der Waals surface area contributed by atoms with Crippen molar-refractivity contribution in [3.8, 4) is 11.3 Å². The molecule has 2 aliphatic rings. The Morgan fingerprint density at radius 1 is 1.12 bits per heavy atom. The molecule has 32 heavy (non-hydrogen) atoms. The van der Waals surface area contributed by atoms with Gasteiger partial charge in [-0.3, -0.25) is 0 Å². The van der Waals surface area contributed by atoms with E-state index in [9.17, 15) is 10.2 Å². The van der Waals surface area contributed by atoms with Crippen LogP contribution in [-0.4, -0.2) is 48.1 Å². The van der Waals surface area contributed by atoms with Crippen LogP contribution in [0.15, 0.2) is 36.7 Å². The van der Waals surface area contributed by atoms with E-state index in [1.165, 1.54) is 0 Å². The highest BCUT2D eigenvalue weighted by Crippen LogP contribution is 2.37. The molecule has 0 aromatic carbocycles. The van der Waals surface area contributed by atoms with Gasteiger partial charge >= 0.3 is 0 Å². The number of ether oxygens (including phenoxy) is 1. The Bertz CT molecular complexity index is 1060. The SMILES string of the molecule is C[C@H](O)C1CCC(c2cc3cc(-c4ccnc(COC5CCCC5O)n4)ccn3n2)CC1. The van der Waals surface area contributed by atoms with E-state index in [2.05, 4.69) is 22.1 Å². The summed E-state index contributed by atoms with van der Waals surface area (Å²) in [5.41, 5.74) is 4.07. The van der Waals surface area contributed by atoms with Crippen LogP contribution in [0.5, 0.6) is 0 Å². The molecule has 5 rings (SSSR count). The molecule has 0 saturated heterocycles. The fourth-order valence-electron chi connectivity index (χ4n) is 5.18. The average molecular weight is 437 g/mol. The maximum absolute atomic E-state index is 9.95. The number of hydrogen-bond acceptors (Lipinski definition) is 6. The summed E-state index contributed by atoms with van der Waals surface area (Å²) in [6, 6.07) is 8.24. The Morgan fingerprint density at radius 3 is 2.72 bits per heavy atom. The molecule has 170 valence electrons. The summed E-state index contributed by atoms with van der Waals surface area (Å²) in [4.78, 5) is 9.03. The minimum Gasteiger partial charge on any atom is -0.393 e. The first-order valence-corrected chi connectivity index (χ1v) is 11.9. The molecule has 0 spiro atoms. The van der Waals surface area contributed by atoms with Crippen LogP contribution in [0, 0.1) is 5.92 Å². The standard InChI is InChI=1S/C25H32N4O3/c1-16(30)17-5-7-18(8-6-17)22-14-20-13-19(10-12-29(20)28-22)21-9-11-26-25(27-21)15-32-24-4-2-3-23(24)31/h9-14,16-18,23-24,30-31H,2-8,15H2,1H3/t16-,17?,18?,23?,24?/m0/s1. The summed E-state index contributed by atoms with van der Waals surface area (Å²) in [6.07, 6.45) is 10.0. The lowest BCUT2D eigenvalue weighted by molar-refractivity contribution is -0.0295. The number of pyridine rings is 1. The van der Waals surface area contributed by atoms with Crippen LogP contribution in [0.1, 0.15) is 69.3 Å². The lowest BCUT2D eigenvalue weighted by Crippen LogP contribution is -2.22. The van der Waals surface area contributed by atoms with Gasteiger partial charge in [-0.05, 0) is 82.1 Å². The zero-order valence-electron chi connectivity index (χ0n) is 18.6. The van der Waals surface area contributed by atoms with Gasteiger partial charge in [-0.25, -0.2) is 14.5 Å². The van der Waals surface area contributed by atoms with Crippen molar-refractivity contribution in [3.05, 3.63) is 48.2 Å². The maximum Gasteiger partial charge on any atom is 0.154 e. The monoisotopic (exact) mass is 436 g/mol. The van der Waals surface area contributed by atoms with Crippen LogP contribution < -0.4 is 0 Å². The highest BCUT2D eigenvalue weighted by atomic mass is 16.5. The van der Waals surface area contributed by atoms with E-state index < -0.39 is 0 Å². The summed E-state index contributed by atoms with van der Waals surface area (Å²) in [5, 5.41) is 24.6. The molecular weight excluding hydrogens is 404 g/mol. The van der Waals surface area contributed by atoms with Crippen molar-refractivity contribution in [2.75, 3.05) is 0 Å². The quantitative estimate of drug-likeness (QED) is 0.609. The van der Waals surface area contributed by atoms with Crippen molar-refractivity contribution in [3.63, 3.8) is 0 Å². The van der Waals surface area contributed by atoms with Gasteiger partial charge in [0, 0.05) is 23.9 Å². The molecule has 7 heteroatoms. The first kappa shape index (κ1) is 21.5. The van der Waals surface area contributed by atoms with E-state index in [0.717, 1.165) is 67.4 Å². The second kappa shape index (κ2) is 9.25. The topological polar surface area (TPSA) is 92.8 Å². The minimum atomic E-state index is -0.376. The van der Waals surface area contributed by atoms with Gasteiger partial charge in [-0.2, -0.15) is 5.10 Å². The second-order valence-corrected chi connectivity index (χ2v) is 9.41. The number of aliphatic hydroxyl groups excluding tert-OH is 2. The van der Waals surface area contributed by atoms with E-state index >= 15 is 0 Å². The molecule has 0 radical (unpaired) electrons. The Balaban J connectivity index is 1.30. The van der Waals surface area contributed by atoms with Crippen LogP contribution in [0.25, 0.3) is 16.8 Å². The van der Waals surface area contributed by atoms with E-state index in [1.807, 2.05) is 29.8 Å². The van der Waals surface area contributed by atoms with Crippen molar-refractivity contribution in [1.29, 1.82) is 0 Å². The van der Waals surface area contributed by atoms with Crippen molar-refractivity contribution in [1.82, 2.24) is 19.6 Å². The largest absolute Gasteiger partial charge is 0.393 e. The van der Waals surface area contributed by atoms with Crippen molar-refractivity contribution in [2.45, 2.75) is 82.7 Å². The molecule has 0 amide bonds. The van der Waals surface area contributed by atoms with Crippen LogP contribution >= 0.6 is 0 Å². The smallest absolute Gasteiger partial charge is 0.154 e. The molecule has 2 N–H and O–H groups in total. The maximum atomic E-state index is 9.95. The number of rotatable bonds is 6. The van der Waals surface area contributed by atoms with Gasteiger partial charge in [-0.1, -0.05) is 0 Å². The molecule has 0 aliphatic heterocycles. The minimum absolute atomic E-state index is 0.112. The summed E-state index contributed by atoms with van der Waals surface area (Å²) in [7, 11) is 0. The van der Waals surface area contributed by atoms with Crippen molar-refractivity contribution < 1.29 is 14.9 Å². The summed E-state index contributed by atoms with van der Waals surface area (Å²) < 4.78 is 7.79. The van der Waals surface area contributed by atoms with E-state index in [0.29, 0.717) is 24.3 Å². The predicted octanol–water partition coefficient (Wildman–Crippen LogP) is 3.88. The molecule has 0 bridgehead atoms. The fourth-order valence-corrected chi connectivity index (χ4v) is 5.18. The third-order valence-corrected chi connectivity index (χ3v) is 7.20. The third-order valence-electron chi connectivity index (χ3n) is 7.20. The Kier molecular flexibility index (Phi) is 6.22. The van der Waals surface area contributed by atoms with Crippen molar-refractivity contribution in [2.24, 2.45) is 5.92 Å². The summed E-state index contributed by atoms with van der Waals surface area (Å²) in [6.45, 7) is 2.21. The molecule has 2 saturated carbocycles. The molecule has 2 fully saturated rings. The molecule has 2 unspecified atom stereocenters. The molecule has 3 aromatic heterocycles. The average Bonchev–Trinajstić information content (AvgIpc) is 3.43. The second-order valence-electron chi connectivity index (χ2n) is 9.41. The van der Waals surface area contributed by atoms with Gasteiger partial charge in [0.15, 0.2) is 5.82 Å². The molecule has 3 heterocycles. The number of aliphatic hydroxyl groups is 2. The Labute approximate surface area is 188 Å². The molecule has 2 aliphatic carbocycles. The van der Waals surface area contributed by atoms with E-state index in [1.54, 1.807) is 6.20 Å². The van der Waals surface area contributed by atoms with Gasteiger partial charge in [0.2, 0.25) is 0 Å². The first-order valence-electron chi connectivity index (χ1n) is 11.9. The van der Waals surface area contributed by atoms with Gasteiger partial charge in [0.25, 0.3) is 0 Å². The Morgan fingerprint density at radius 2 is 1.97 bits per heavy atom. The van der Waals surface area contributed by atoms with Crippen LogP contribution in [-0.2, 0) is 11.3 Å². The zero-order chi connectivity index (χ0) is 22.1. The third kappa shape index (κ3) is 4.56. The lowest BCUT2D eigenvalue weighted by Gasteiger charge is -2.29. The number of aromatic nitrogens is 4. The lowest BCUT2D eigenvalue weighted by atomic mass is 9.78. The van der Waals surface area contributed by atoms with Crippen molar-refractivity contribution >= 4 is 5.52 Å². The number of fused-ring (bicyclic) bond motifs is 1. The molecule has 7 nitrogen and oxygen atoms in total. The molecule has 3 atom stereocenters. The summed E-state index contributed by atoms with van der Waals surface area (Å²) in [5.74, 6) is 1.51. The number of nitrogens with zero attached hydrogens (tertiary/aromatic N) is 4. The van der Waals surface area contributed by atoms with Gasteiger partial charge in [0.05, 0.1) is 35.2 Å². The summed E-state index contributed by atoms with van der Waals surface area (Å²) >= 11 is 0. The molecular formula is C25H32N4O3.